The van der Waals surface area contributed by atoms with Gasteiger partial charge in [-0.15, -0.1) is 0 Å². The van der Waals surface area contributed by atoms with Gasteiger partial charge in [-0.05, 0) is 48.9 Å². The monoisotopic (exact) mass is 341 g/mol. The molecule has 1 aliphatic rings. The second-order valence-corrected chi connectivity index (χ2v) is 5.71. The smallest absolute Gasteiger partial charge is 0.338 e. The quantitative estimate of drug-likeness (QED) is 0.619. The summed E-state index contributed by atoms with van der Waals surface area (Å²) in [6.07, 6.45) is 1.29. The van der Waals surface area contributed by atoms with Crippen LogP contribution in [0.2, 0.25) is 0 Å². The van der Waals surface area contributed by atoms with E-state index in [2.05, 4.69) is 0 Å². The number of benzene rings is 2. The molecule has 0 N–H and O–H groups in total. The molecular weight excluding hydrogens is 325 g/mol. The highest BCUT2D eigenvalue weighted by Gasteiger charge is 2.22. The zero-order valence-corrected chi connectivity index (χ0v) is 13.4. The molecule has 0 spiro atoms. The molecule has 5 nitrogen and oxygen atoms in total. The zero-order chi connectivity index (χ0) is 17.8. The molecule has 6 heteroatoms. The second kappa shape index (κ2) is 7.25. The minimum atomic E-state index is -0.649. The number of amides is 1. The van der Waals surface area contributed by atoms with Gasteiger partial charge in [-0.1, -0.05) is 6.07 Å². The zero-order valence-electron chi connectivity index (χ0n) is 13.4. The maximum absolute atomic E-state index is 12.9. The van der Waals surface area contributed by atoms with Crippen LogP contribution in [0.4, 0.5) is 10.1 Å². The normalized spacial score (nSPS) is 13.8. The molecule has 1 aliphatic heterocycles. The third kappa shape index (κ3) is 3.91. The van der Waals surface area contributed by atoms with Gasteiger partial charge < -0.3 is 9.64 Å². The maximum Gasteiger partial charge on any atom is 0.338 e. The Labute approximate surface area is 144 Å². The van der Waals surface area contributed by atoms with Gasteiger partial charge in [0.25, 0.3) is 0 Å². The van der Waals surface area contributed by atoms with Crippen LogP contribution >= 0.6 is 0 Å². The Morgan fingerprint density at radius 2 is 1.84 bits per heavy atom. The maximum atomic E-state index is 12.9. The molecule has 0 aliphatic carbocycles. The van der Waals surface area contributed by atoms with Gasteiger partial charge in [0.15, 0.2) is 12.4 Å². The van der Waals surface area contributed by atoms with Crippen molar-refractivity contribution in [1.29, 1.82) is 0 Å². The molecule has 0 unspecified atom stereocenters. The molecule has 2 aromatic rings. The lowest BCUT2D eigenvalue weighted by Crippen LogP contribution is -2.24. The van der Waals surface area contributed by atoms with Crippen LogP contribution in [0.5, 0.6) is 0 Å². The van der Waals surface area contributed by atoms with Crippen molar-refractivity contribution in [3.8, 4) is 0 Å². The standard InChI is InChI=1S/C19H16FNO4/c20-15-8-6-13(7-9-15)17(22)12-25-19(24)14-3-1-4-16(11-14)21-10-2-5-18(21)23/h1,3-4,6-9,11H,2,5,10,12H2. The van der Waals surface area contributed by atoms with Crippen LogP contribution < -0.4 is 4.90 Å². The summed E-state index contributed by atoms with van der Waals surface area (Å²) in [5.41, 5.74) is 1.18. The number of nitrogens with zero attached hydrogens (tertiary/aromatic N) is 1. The number of anilines is 1. The van der Waals surface area contributed by atoms with Gasteiger partial charge in [-0.3, -0.25) is 9.59 Å². The topological polar surface area (TPSA) is 63.7 Å². The Hall–Kier alpha value is -3.02. The van der Waals surface area contributed by atoms with Gasteiger partial charge in [0, 0.05) is 24.2 Å². The summed E-state index contributed by atoms with van der Waals surface area (Å²) >= 11 is 0. The molecule has 1 saturated heterocycles. The Morgan fingerprint density at radius 3 is 2.52 bits per heavy atom. The number of carbonyl (C=O) groups is 3. The molecule has 25 heavy (non-hydrogen) atoms. The molecule has 0 aromatic heterocycles. The van der Waals surface area contributed by atoms with Crippen molar-refractivity contribution in [2.24, 2.45) is 0 Å². The average molecular weight is 341 g/mol. The predicted molar refractivity (Wildman–Crippen MR) is 89.0 cm³/mol. The molecule has 0 radical (unpaired) electrons. The second-order valence-electron chi connectivity index (χ2n) is 5.71. The van der Waals surface area contributed by atoms with E-state index >= 15 is 0 Å². The minimum Gasteiger partial charge on any atom is -0.454 e. The molecule has 0 bridgehead atoms. The number of esters is 1. The van der Waals surface area contributed by atoms with E-state index < -0.39 is 24.2 Å². The highest BCUT2D eigenvalue weighted by Crippen LogP contribution is 2.22. The number of hydrogen-bond donors (Lipinski definition) is 0. The van der Waals surface area contributed by atoms with Gasteiger partial charge in [0.05, 0.1) is 5.56 Å². The molecule has 0 saturated carbocycles. The fourth-order valence-corrected chi connectivity index (χ4v) is 2.66. The molecule has 2 aromatic carbocycles. The number of halogens is 1. The summed E-state index contributed by atoms with van der Waals surface area (Å²) in [7, 11) is 0. The van der Waals surface area contributed by atoms with E-state index in [1.54, 1.807) is 29.2 Å². The van der Waals surface area contributed by atoms with E-state index in [0.29, 0.717) is 18.7 Å². The lowest BCUT2D eigenvalue weighted by Gasteiger charge is -2.16. The van der Waals surface area contributed by atoms with E-state index in [1.807, 2.05) is 0 Å². The first-order valence-corrected chi connectivity index (χ1v) is 7.91. The predicted octanol–water partition coefficient (Wildman–Crippen LogP) is 2.99. The van der Waals surface area contributed by atoms with Crippen LogP contribution in [-0.2, 0) is 9.53 Å². The van der Waals surface area contributed by atoms with E-state index in [9.17, 15) is 18.8 Å². The summed E-state index contributed by atoms with van der Waals surface area (Å²) in [4.78, 5) is 37.5. The number of ether oxygens (including phenoxy) is 1. The first kappa shape index (κ1) is 16.8. The summed E-state index contributed by atoms with van der Waals surface area (Å²) in [5.74, 6) is -1.48. The summed E-state index contributed by atoms with van der Waals surface area (Å²) in [6, 6.07) is 11.6. The highest BCUT2D eigenvalue weighted by molar-refractivity contribution is 6.00. The Bertz CT molecular complexity index is 816. The SMILES string of the molecule is O=C(COC(=O)c1cccc(N2CCCC2=O)c1)c1ccc(F)cc1. The Kier molecular flexibility index (Phi) is 4.88. The van der Waals surface area contributed by atoms with Crippen molar-refractivity contribution in [2.45, 2.75) is 12.8 Å². The number of carbonyl (C=O) groups excluding carboxylic acids is 3. The molecule has 0 atom stereocenters. The van der Waals surface area contributed by atoms with Crippen molar-refractivity contribution < 1.29 is 23.5 Å². The van der Waals surface area contributed by atoms with Gasteiger partial charge in [-0.25, -0.2) is 9.18 Å². The number of hydrogen-bond acceptors (Lipinski definition) is 4. The van der Waals surface area contributed by atoms with Crippen LogP contribution in [-0.4, -0.2) is 30.8 Å². The van der Waals surface area contributed by atoms with Gasteiger partial charge in [0.2, 0.25) is 5.91 Å². The summed E-state index contributed by atoms with van der Waals surface area (Å²) < 4.78 is 17.9. The third-order valence-electron chi connectivity index (χ3n) is 3.97. The van der Waals surface area contributed by atoms with Crippen LogP contribution in [0.15, 0.2) is 48.5 Å². The fourth-order valence-electron chi connectivity index (χ4n) is 2.66. The Balaban J connectivity index is 1.64. The minimum absolute atomic E-state index is 0.0250. The van der Waals surface area contributed by atoms with Gasteiger partial charge in [0.1, 0.15) is 5.82 Å². The molecule has 1 fully saturated rings. The van der Waals surface area contributed by atoms with Crippen molar-refractivity contribution in [2.75, 3.05) is 18.1 Å². The third-order valence-corrected chi connectivity index (χ3v) is 3.97. The number of ketones is 1. The molecular formula is C19H16FNO4. The molecule has 128 valence electrons. The summed E-state index contributed by atoms with van der Waals surface area (Å²) in [5, 5.41) is 0. The van der Waals surface area contributed by atoms with E-state index in [1.165, 1.54) is 24.3 Å². The van der Waals surface area contributed by atoms with Crippen LogP contribution in [0, 0.1) is 5.82 Å². The molecule has 1 amide bonds. The molecule has 1 heterocycles. The summed E-state index contributed by atoms with van der Waals surface area (Å²) in [6.45, 7) is 0.192. The lowest BCUT2D eigenvalue weighted by molar-refractivity contribution is -0.117. The van der Waals surface area contributed by atoms with Gasteiger partial charge >= 0.3 is 5.97 Å². The van der Waals surface area contributed by atoms with Crippen molar-refractivity contribution >= 4 is 23.3 Å². The molecule has 3 rings (SSSR count). The van der Waals surface area contributed by atoms with E-state index in [-0.39, 0.29) is 17.0 Å². The van der Waals surface area contributed by atoms with Crippen LogP contribution in [0.3, 0.4) is 0 Å². The average Bonchev–Trinajstić information content (AvgIpc) is 3.06. The van der Waals surface area contributed by atoms with E-state index in [0.717, 1.165) is 6.42 Å². The lowest BCUT2D eigenvalue weighted by atomic mass is 10.1. The van der Waals surface area contributed by atoms with Crippen molar-refractivity contribution in [3.63, 3.8) is 0 Å². The first-order chi connectivity index (χ1) is 12.0. The van der Waals surface area contributed by atoms with Crippen LogP contribution in [0.1, 0.15) is 33.6 Å². The fraction of sp³-hybridized carbons (Fsp3) is 0.211. The van der Waals surface area contributed by atoms with Gasteiger partial charge in [-0.2, -0.15) is 0 Å². The largest absolute Gasteiger partial charge is 0.454 e. The highest BCUT2D eigenvalue weighted by atomic mass is 19.1. The number of rotatable bonds is 5. The van der Waals surface area contributed by atoms with E-state index in [4.69, 9.17) is 4.74 Å². The first-order valence-electron chi connectivity index (χ1n) is 7.91. The Morgan fingerprint density at radius 1 is 1.08 bits per heavy atom. The van der Waals surface area contributed by atoms with Crippen molar-refractivity contribution in [3.05, 3.63) is 65.5 Å². The van der Waals surface area contributed by atoms with Crippen LogP contribution in [0.25, 0.3) is 0 Å². The van der Waals surface area contributed by atoms with Crippen molar-refractivity contribution in [1.82, 2.24) is 0 Å². The number of Topliss-reactive ketones (excluding diaryl/α,β-unsaturated/α-hetero) is 1.